The van der Waals surface area contributed by atoms with Crippen LogP contribution in [-0.4, -0.2) is 25.1 Å². The summed E-state index contributed by atoms with van der Waals surface area (Å²) >= 11 is 0. The van der Waals surface area contributed by atoms with Crippen molar-refractivity contribution in [1.82, 2.24) is 0 Å². The van der Waals surface area contributed by atoms with Crippen LogP contribution in [0.15, 0.2) is 18.2 Å². The highest BCUT2D eigenvalue weighted by Gasteiger charge is 2.47. The maximum absolute atomic E-state index is 11.1. The smallest absolute Gasteiger partial charge is 0.321 e. The van der Waals surface area contributed by atoms with Crippen LogP contribution in [0.1, 0.15) is 12.6 Å². The zero-order chi connectivity index (χ0) is 14.0. The quantitative estimate of drug-likeness (QED) is 0.486. The van der Waals surface area contributed by atoms with E-state index in [1.807, 2.05) is 6.92 Å². The van der Waals surface area contributed by atoms with Gasteiger partial charge in [-0.2, -0.15) is 0 Å². The van der Waals surface area contributed by atoms with Gasteiger partial charge in [0.05, 0.1) is 0 Å². The lowest BCUT2D eigenvalue weighted by Crippen LogP contribution is -2.26. The number of rotatable bonds is 5. The topological polar surface area (TPSA) is 141 Å². The highest BCUT2D eigenvalue weighted by molar-refractivity contribution is 7.71. The molecule has 0 saturated heterocycles. The summed E-state index contributed by atoms with van der Waals surface area (Å²) in [6.07, 6.45) is 0.645. The predicted octanol–water partition coefficient (Wildman–Crippen LogP) is 0.114. The number of aromatic amines is 1. The molecular formula is C8H15N2O6P2+. The van der Waals surface area contributed by atoms with Gasteiger partial charge in [-0.25, -0.2) is 10.3 Å². The minimum absolute atomic E-state index is 0.131. The van der Waals surface area contributed by atoms with E-state index >= 15 is 0 Å². The molecule has 0 aromatic carbocycles. The average molecular weight is 297 g/mol. The molecule has 102 valence electrons. The summed E-state index contributed by atoms with van der Waals surface area (Å²) < 4.78 is 22.1. The molecule has 0 aliphatic rings. The van der Waals surface area contributed by atoms with Gasteiger partial charge in [0.2, 0.25) is 0 Å². The molecule has 0 amide bonds. The summed E-state index contributed by atoms with van der Waals surface area (Å²) in [7, 11) is -9.96. The van der Waals surface area contributed by atoms with Crippen LogP contribution >= 0.6 is 15.2 Å². The first-order valence-electron chi connectivity index (χ1n) is 5.02. The number of hydrogen-bond donors (Lipinski definition) is 5. The first kappa shape index (κ1) is 15.3. The Morgan fingerprint density at radius 1 is 1.22 bits per heavy atom. The minimum Gasteiger partial charge on any atom is -0.321 e. The molecule has 0 unspecified atom stereocenters. The SMILES string of the molecule is CCc1cccc(NC(P(=O)(O)O)P(=O)(O)O)[nH+]1. The zero-order valence-corrected chi connectivity index (χ0v) is 11.3. The van der Waals surface area contributed by atoms with E-state index in [9.17, 15) is 9.13 Å². The van der Waals surface area contributed by atoms with E-state index in [4.69, 9.17) is 19.6 Å². The van der Waals surface area contributed by atoms with Gasteiger partial charge >= 0.3 is 15.2 Å². The Kier molecular flexibility index (Phi) is 4.66. The number of aromatic nitrogens is 1. The van der Waals surface area contributed by atoms with Crippen molar-refractivity contribution in [3.8, 4) is 0 Å². The molecule has 10 heteroatoms. The lowest BCUT2D eigenvalue weighted by Gasteiger charge is -2.16. The molecule has 8 nitrogen and oxygen atoms in total. The maximum atomic E-state index is 11.1. The normalized spacial score (nSPS) is 12.8. The highest BCUT2D eigenvalue weighted by Crippen LogP contribution is 2.59. The van der Waals surface area contributed by atoms with Crippen molar-refractivity contribution >= 4 is 21.0 Å². The molecular weight excluding hydrogens is 282 g/mol. The van der Waals surface area contributed by atoms with E-state index in [1.165, 1.54) is 6.07 Å². The highest BCUT2D eigenvalue weighted by atomic mass is 31.2. The van der Waals surface area contributed by atoms with Crippen LogP contribution < -0.4 is 10.3 Å². The number of H-pyrrole nitrogens is 1. The molecule has 6 N–H and O–H groups in total. The molecule has 0 fully saturated rings. The molecule has 0 aliphatic heterocycles. The van der Waals surface area contributed by atoms with Gasteiger partial charge in [0.1, 0.15) is 5.69 Å². The van der Waals surface area contributed by atoms with Crippen molar-refractivity contribution in [3.63, 3.8) is 0 Å². The zero-order valence-electron chi connectivity index (χ0n) is 9.52. The fraction of sp³-hybridized carbons (Fsp3) is 0.375. The van der Waals surface area contributed by atoms with Crippen molar-refractivity contribution in [2.24, 2.45) is 0 Å². The molecule has 0 atom stereocenters. The Labute approximate surface area is 103 Å². The van der Waals surface area contributed by atoms with E-state index in [0.29, 0.717) is 6.42 Å². The largest absolute Gasteiger partial charge is 0.382 e. The first-order chi connectivity index (χ1) is 8.14. The number of pyridine rings is 1. The Balaban J connectivity index is 3.04. The van der Waals surface area contributed by atoms with E-state index in [2.05, 4.69) is 10.3 Å². The lowest BCUT2D eigenvalue weighted by atomic mass is 10.3. The second-order valence-corrected chi connectivity index (χ2v) is 7.44. The standard InChI is InChI=1S/C8H14N2O6P2/c1-2-6-4-3-5-7(9-6)10-8(17(11,12)13)18(14,15)16/h3-5,8H,2H2,1H3,(H,9,10)(H2,11,12,13)(H2,14,15,16)/p+1. The molecule has 0 spiro atoms. The molecule has 1 rings (SSSR count). The van der Waals surface area contributed by atoms with Crippen LogP contribution in [0.5, 0.6) is 0 Å². The Morgan fingerprint density at radius 2 is 1.78 bits per heavy atom. The molecule has 0 radical (unpaired) electrons. The van der Waals surface area contributed by atoms with Gasteiger partial charge in [0.25, 0.3) is 11.3 Å². The molecule has 0 bridgehead atoms. The van der Waals surface area contributed by atoms with Gasteiger partial charge in [-0.1, -0.05) is 13.0 Å². The fourth-order valence-electron chi connectivity index (χ4n) is 1.31. The van der Waals surface area contributed by atoms with Crippen molar-refractivity contribution < 1.29 is 33.7 Å². The van der Waals surface area contributed by atoms with E-state index in [1.54, 1.807) is 12.1 Å². The van der Waals surface area contributed by atoms with Gasteiger partial charge in [-0.15, -0.1) is 0 Å². The van der Waals surface area contributed by atoms with E-state index in [0.717, 1.165) is 5.69 Å². The molecule has 1 heterocycles. The third-order valence-corrected chi connectivity index (χ3v) is 5.50. The third-order valence-electron chi connectivity index (χ3n) is 2.16. The summed E-state index contributed by atoms with van der Waals surface area (Å²) in [5.74, 6) is 0.131. The molecule has 1 aromatic heterocycles. The second-order valence-electron chi connectivity index (χ2n) is 3.64. The van der Waals surface area contributed by atoms with Crippen LogP contribution in [0.3, 0.4) is 0 Å². The van der Waals surface area contributed by atoms with Gasteiger partial charge in [0, 0.05) is 12.5 Å². The van der Waals surface area contributed by atoms with E-state index in [-0.39, 0.29) is 5.82 Å². The Hall–Kier alpha value is -0.750. The second kappa shape index (κ2) is 5.48. The third kappa shape index (κ3) is 4.17. The van der Waals surface area contributed by atoms with Crippen molar-refractivity contribution in [3.05, 3.63) is 23.9 Å². The summed E-state index contributed by atoms with van der Waals surface area (Å²) in [6, 6.07) is 4.78. The first-order valence-corrected chi connectivity index (χ1v) is 8.39. The van der Waals surface area contributed by atoms with Crippen LogP contribution in [0.2, 0.25) is 0 Å². The Morgan fingerprint density at radius 3 is 2.22 bits per heavy atom. The monoisotopic (exact) mass is 297 g/mol. The number of anilines is 1. The van der Waals surface area contributed by atoms with Gasteiger partial charge < -0.3 is 19.6 Å². The van der Waals surface area contributed by atoms with Gasteiger partial charge in [-0.05, 0) is 6.07 Å². The van der Waals surface area contributed by atoms with Gasteiger partial charge in [-0.3, -0.25) is 9.13 Å². The van der Waals surface area contributed by atoms with Crippen molar-refractivity contribution in [2.45, 2.75) is 18.9 Å². The molecule has 0 aliphatic carbocycles. The van der Waals surface area contributed by atoms with E-state index < -0.39 is 20.7 Å². The maximum Gasteiger partial charge on any atom is 0.382 e. The number of nitrogens with one attached hydrogen (secondary N) is 2. The summed E-state index contributed by atoms with van der Waals surface area (Å²) in [5.41, 5.74) is -1.50. The minimum atomic E-state index is -4.98. The van der Waals surface area contributed by atoms with Crippen LogP contribution in [-0.2, 0) is 15.6 Å². The number of aryl methyl sites for hydroxylation is 1. The summed E-state index contributed by atoms with van der Waals surface area (Å²) in [6.45, 7) is 1.86. The van der Waals surface area contributed by atoms with Gasteiger partial charge in [0.15, 0.2) is 0 Å². The average Bonchev–Trinajstić information content (AvgIpc) is 2.23. The molecule has 1 aromatic rings. The fourth-order valence-corrected chi connectivity index (χ4v) is 3.49. The molecule has 0 saturated carbocycles. The summed E-state index contributed by atoms with van der Waals surface area (Å²) in [4.78, 5) is 38.5. The molecule has 18 heavy (non-hydrogen) atoms. The summed E-state index contributed by atoms with van der Waals surface area (Å²) in [5, 5.41) is 2.15. The van der Waals surface area contributed by atoms with Crippen LogP contribution in [0, 0.1) is 0 Å². The van der Waals surface area contributed by atoms with Crippen LogP contribution in [0.25, 0.3) is 0 Å². The Bertz CT molecular complexity index is 488. The van der Waals surface area contributed by atoms with Crippen LogP contribution in [0.4, 0.5) is 5.82 Å². The number of hydrogen-bond acceptors (Lipinski definition) is 3. The predicted molar refractivity (Wildman–Crippen MR) is 63.9 cm³/mol. The van der Waals surface area contributed by atoms with Crippen molar-refractivity contribution in [1.29, 1.82) is 0 Å². The van der Waals surface area contributed by atoms with Crippen molar-refractivity contribution in [2.75, 3.05) is 5.32 Å². The lowest BCUT2D eigenvalue weighted by molar-refractivity contribution is -0.373.